The van der Waals surface area contributed by atoms with Gasteiger partial charge in [-0.15, -0.1) is 11.3 Å². The van der Waals surface area contributed by atoms with E-state index in [9.17, 15) is 13.5 Å². The molecule has 1 atom stereocenters. The van der Waals surface area contributed by atoms with Gasteiger partial charge < -0.3 is 5.11 Å². The zero-order valence-electron chi connectivity index (χ0n) is 10.2. The summed E-state index contributed by atoms with van der Waals surface area (Å²) in [6, 6.07) is 1.01. The summed E-state index contributed by atoms with van der Waals surface area (Å²) < 4.78 is 27.1. The molecule has 0 aromatic carbocycles. The smallest absolute Gasteiger partial charge is 0.245 e. The number of rotatable bonds is 3. The van der Waals surface area contributed by atoms with Crippen LogP contribution < -0.4 is 0 Å². The summed E-state index contributed by atoms with van der Waals surface area (Å²) in [6.45, 7) is 0.242. The highest BCUT2D eigenvalue weighted by molar-refractivity contribution is 7.89. The van der Waals surface area contributed by atoms with Crippen LogP contribution in [0.2, 0.25) is 8.67 Å². The number of thiophene rings is 1. The van der Waals surface area contributed by atoms with Gasteiger partial charge in [0.05, 0.1) is 10.9 Å². The van der Waals surface area contributed by atoms with Crippen molar-refractivity contribution in [2.75, 3.05) is 13.2 Å². The molecule has 4 nitrogen and oxygen atoms in total. The van der Waals surface area contributed by atoms with Crippen molar-refractivity contribution in [3.63, 3.8) is 0 Å². The monoisotopic (exact) mass is 343 g/mol. The molecule has 2 rings (SSSR count). The second-order valence-corrected chi connectivity index (χ2v) is 8.63. The van der Waals surface area contributed by atoms with Crippen LogP contribution in [0.25, 0.3) is 0 Å². The molecule has 0 amide bonds. The van der Waals surface area contributed by atoms with Crippen LogP contribution in [-0.4, -0.2) is 37.0 Å². The Morgan fingerprint density at radius 1 is 1.37 bits per heavy atom. The number of hydrogen-bond donors (Lipinski definition) is 1. The second-order valence-electron chi connectivity index (χ2n) is 4.49. The maximum Gasteiger partial charge on any atom is 0.245 e. The average Bonchev–Trinajstić information content (AvgIpc) is 2.59. The first-order valence-corrected chi connectivity index (χ1v) is 9.05. The van der Waals surface area contributed by atoms with Gasteiger partial charge in [0.2, 0.25) is 10.0 Å². The van der Waals surface area contributed by atoms with Crippen LogP contribution in [-0.2, 0) is 10.0 Å². The summed E-state index contributed by atoms with van der Waals surface area (Å²) in [5.41, 5.74) is 0. The molecule has 1 aromatic heterocycles. The lowest BCUT2D eigenvalue weighted by atomic mass is 10.1. The van der Waals surface area contributed by atoms with Gasteiger partial charge in [-0.1, -0.05) is 36.0 Å². The third-order valence-corrected chi connectivity index (χ3v) is 6.95. The molecule has 0 aliphatic carbocycles. The van der Waals surface area contributed by atoms with E-state index in [4.69, 9.17) is 23.2 Å². The minimum Gasteiger partial charge on any atom is -0.395 e. The molecule has 1 unspecified atom stereocenters. The summed E-state index contributed by atoms with van der Waals surface area (Å²) in [4.78, 5) is 0.0458. The van der Waals surface area contributed by atoms with Gasteiger partial charge in [-0.3, -0.25) is 0 Å². The van der Waals surface area contributed by atoms with Gasteiger partial charge in [-0.25, -0.2) is 8.42 Å². The molecule has 1 N–H and O–H groups in total. The number of aliphatic hydroxyl groups is 1. The van der Waals surface area contributed by atoms with Gasteiger partial charge in [0, 0.05) is 12.6 Å². The molecule has 1 aliphatic rings. The lowest BCUT2D eigenvalue weighted by molar-refractivity contribution is 0.186. The lowest BCUT2D eigenvalue weighted by Gasteiger charge is -2.27. The van der Waals surface area contributed by atoms with Gasteiger partial charge in [0.1, 0.15) is 9.23 Å². The lowest BCUT2D eigenvalue weighted by Crippen LogP contribution is -2.41. The van der Waals surface area contributed by atoms with Gasteiger partial charge >= 0.3 is 0 Å². The van der Waals surface area contributed by atoms with Crippen molar-refractivity contribution in [2.24, 2.45) is 0 Å². The molecule has 1 aliphatic heterocycles. The predicted octanol–water partition coefficient (Wildman–Crippen LogP) is 2.98. The van der Waals surface area contributed by atoms with Crippen LogP contribution in [0.15, 0.2) is 11.0 Å². The Bertz CT molecular complexity index is 544. The normalized spacial score (nSPS) is 22.4. The van der Waals surface area contributed by atoms with Crippen LogP contribution in [0.5, 0.6) is 0 Å². The fraction of sp³-hybridized carbons (Fsp3) is 0.636. The quantitative estimate of drug-likeness (QED) is 0.917. The van der Waals surface area contributed by atoms with Gasteiger partial charge in [-0.05, 0) is 18.9 Å². The zero-order valence-corrected chi connectivity index (χ0v) is 13.3. The SMILES string of the molecule is O=S(=O)(c1cc(Cl)sc1Cl)N1CCCCCC1CO. The van der Waals surface area contributed by atoms with E-state index in [1.165, 1.54) is 10.4 Å². The highest BCUT2D eigenvalue weighted by atomic mass is 35.5. The molecule has 19 heavy (non-hydrogen) atoms. The van der Waals surface area contributed by atoms with Gasteiger partial charge in [-0.2, -0.15) is 4.31 Å². The zero-order chi connectivity index (χ0) is 14.0. The van der Waals surface area contributed by atoms with E-state index in [0.717, 1.165) is 30.6 Å². The highest BCUT2D eigenvalue weighted by Crippen LogP contribution is 2.37. The fourth-order valence-electron chi connectivity index (χ4n) is 2.28. The van der Waals surface area contributed by atoms with E-state index in [2.05, 4.69) is 0 Å². The first kappa shape index (κ1) is 15.5. The molecule has 0 saturated carbocycles. The Kier molecular flexibility index (Phi) is 5.14. The standard InChI is InChI=1S/C11H15Cl2NO3S2/c12-10-6-9(11(13)18-10)19(16,17)14-5-3-1-2-4-8(14)7-15/h6,8,15H,1-5,7H2. The van der Waals surface area contributed by atoms with Crippen LogP contribution in [0.1, 0.15) is 25.7 Å². The van der Waals surface area contributed by atoms with Crippen LogP contribution >= 0.6 is 34.5 Å². The molecule has 1 aromatic rings. The van der Waals surface area contributed by atoms with Crippen LogP contribution in [0.4, 0.5) is 0 Å². The van der Waals surface area contributed by atoms with E-state index in [0.29, 0.717) is 17.3 Å². The third kappa shape index (κ3) is 3.25. The van der Waals surface area contributed by atoms with Crippen molar-refractivity contribution >= 4 is 44.6 Å². The minimum atomic E-state index is -3.69. The summed E-state index contributed by atoms with van der Waals surface area (Å²) >= 11 is 12.8. The molecule has 8 heteroatoms. The van der Waals surface area contributed by atoms with Crippen molar-refractivity contribution in [3.8, 4) is 0 Å². The molecule has 108 valence electrons. The molecule has 1 saturated heterocycles. The molecule has 0 bridgehead atoms. The number of aliphatic hydroxyl groups excluding tert-OH is 1. The molecule has 1 fully saturated rings. The van der Waals surface area contributed by atoms with Gasteiger partial charge in [0.25, 0.3) is 0 Å². The third-order valence-electron chi connectivity index (χ3n) is 3.25. The van der Waals surface area contributed by atoms with Crippen molar-refractivity contribution in [1.29, 1.82) is 0 Å². The molecule has 2 heterocycles. The van der Waals surface area contributed by atoms with Crippen LogP contribution in [0.3, 0.4) is 0 Å². The van der Waals surface area contributed by atoms with E-state index in [1.54, 1.807) is 0 Å². The molecular weight excluding hydrogens is 329 g/mol. The maximum atomic E-state index is 12.6. The molecule has 0 spiro atoms. The number of hydrogen-bond acceptors (Lipinski definition) is 4. The topological polar surface area (TPSA) is 57.6 Å². The Morgan fingerprint density at radius 3 is 2.68 bits per heavy atom. The molecule has 0 radical (unpaired) electrons. The first-order chi connectivity index (χ1) is 8.96. The number of sulfonamides is 1. The van der Waals surface area contributed by atoms with E-state index in [1.807, 2.05) is 0 Å². The van der Waals surface area contributed by atoms with E-state index in [-0.39, 0.29) is 21.9 Å². The fourth-order valence-corrected chi connectivity index (χ4v) is 6.08. The number of halogens is 2. The van der Waals surface area contributed by atoms with E-state index >= 15 is 0 Å². The average molecular weight is 344 g/mol. The summed E-state index contributed by atoms with van der Waals surface area (Å²) in [5, 5.41) is 9.41. The minimum absolute atomic E-state index is 0.0458. The summed E-state index contributed by atoms with van der Waals surface area (Å²) in [5.74, 6) is 0. The largest absolute Gasteiger partial charge is 0.395 e. The Hall–Kier alpha value is 0.150. The van der Waals surface area contributed by atoms with E-state index < -0.39 is 10.0 Å². The highest BCUT2D eigenvalue weighted by Gasteiger charge is 2.34. The Morgan fingerprint density at radius 2 is 2.11 bits per heavy atom. The van der Waals surface area contributed by atoms with Crippen LogP contribution in [0, 0.1) is 0 Å². The van der Waals surface area contributed by atoms with Crippen molar-refractivity contribution in [3.05, 3.63) is 14.7 Å². The summed E-state index contributed by atoms with van der Waals surface area (Å²) in [7, 11) is -3.69. The maximum absolute atomic E-state index is 12.6. The predicted molar refractivity (Wildman–Crippen MR) is 77.6 cm³/mol. The second kappa shape index (κ2) is 6.28. The Balaban J connectivity index is 2.39. The molecular formula is C11H15Cl2NO3S2. The Labute approximate surface area is 127 Å². The van der Waals surface area contributed by atoms with Gasteiger partial charge in [0.15, 0.2) is 0 Å². The van der Waals surface area contributed by atoms with Crippen molar-refractivity contribution < 1.29 is 13.5 Å². The van der Waals surface area contributed by atoms with Crippen molar-refractivity contribution in [1.82, 2.24) is 4.31 Å². The van der Waals surface area contributed by atoms with Crippen molar-refractivity contribution in [2.45, 2.75) is 36.6 Å². The number of nitrogens with zero attached hydrogens (tertiary/aromatic N) is 1. The first-order valence-electron chi connectivity index (χ1n) is 6.04. The summed E-state index contributed by atoms with van der Waals surface area (Å²) in [6.07, 6.45) is 3.37.